The van der Waals surface area contributed by atoms with Gasteiger partial charge < -0.3 is 5.32 Å². The average Bonchev–Trinajstić information content (AvgIpc) is 2.98. The van der Waals surface area contributed by atoms with Crippen LogP contribution in [0.3, 0.4) is 0 Å². The SMILES string of the molecule is CCNC(Cc1ccccc1Br)C1CC2CC2C1. The van der Waals surface area contributed by atoms with Gasteiger partial charge >= 0.3 is 0 Å². The predicted octanol–water partition coefficient (Wildman–Crippen LogP) is 4.02. The predicted molar refractivity (Wildman–Crippen MR) is 79.6 cm³/mol. The number of fused-ring (bicyclic) bond motifs is 1. The van der Waals surface area contributed by atoms with E-state index in [4.69, 9.17) is 0 Å². The van der Waals surface area contributed by atoms with Gasteiger partial charge in [0, 0.05) is 10.5 Å². The molecule has 2 heteroatoms. The van der Waals surface area contributed by atoms with E-state index in [2.05, 4.69) is 52.4 Å². The summed E-state index contributed by atoms with van der Waals surface area (Å²) in [5, 5.41) is 3.72. The Balaban J connectivity index is 1.68. The van der Waals surface area contributed by atoms with Crippen LogP contribution in [-0.2, 0) is 6.42 Å². The van der Waals surface area contributed by atoms with Crippen molar-refractivity contribution in [1.82, 2.24) is 5.32 Å². The van der Waals surface area contributed by atoms with Gasteiger partial charge in [-0.25, -0.2) is 0 Å². The van der Waals surface area contributed by atoms with Crippen molar-refractivity contribution < 1.29 is 0 Å². The van der Waals surface area contributed by atoms with Crippen LogP contribution in [0, 0.1) is 17.8 Å². The highest BCUT2D eigenvalue weighted by molar-refractivity contribution is 9.10. The number of hydrogen-bond donors (Lipinski definition) is 1. The Labute approximate surface area is 118 Å². The van der Waals surface area contributed by atoms with Gasteiger partial charge in [-0.3, -0.25) is 0 Å². The van der Waals surface area contributed by atoms with Crippen LogP contribution < -0.4 is 5.32 Å². The molecule has 0 bridgehead atoms. The molecule has 2 saturated carbocycles. The second-order valence-electron chi connectivity index (χ2n) is 5.95. The van der Waals surface area contributed by atoms with Crippen LogP contribution in [0.2, 0.25) is 0 Å². The van der Waals surface area contributed by atoms with Gasteiger partial charge in [-0.2, -0.15) is 0 Å². The first-order valence-electron chi connectivity index (χ1n) is 7.24. The summed E-state index contributed by atoms with van der Waals surface area (Å²) in [5.74, 6) is 3.06. The van der Waals surface area contributed by atoms with Crippen molar-refractivity contribution in [3.63, 3.8) is 0 Å². The van der Waals surface area contributed by atoms with Gasteiger partial charge in [0.15, 0.2) is 0 Å². The van der Waals surface area contributed by atoms with Crippen molar-refractivity contribution in [2.45, 2.75) is 38.6 Å². The molecule has 0 spiro atoms. The van der Waals surface area contributed by atoms with Crippen LogP contribution in [0.15, 0.2) is 28.7 Å². The maximum Gasteiger partial charge on any atom is 0.0207 e. The molecule has 0 radical (unpaired) electrons. The Morgan fingerprint density at radius 1 is 1.22 bits per heavy atom. The van der Waals surface area contributed by atoms with Gasteiger partial charge in [0.1, 0.15) is 0 Å². The molecule has 18 heavy (non-hydrogen) atoms. The van der Waals surface area contributed by atoms with E-state index in [1.54, 1.807) is 0 Å². The molecule has 0 amide bonds. The van der Waals surface area contributed by atoms with Crippen molar-refractivity contribution in [3.8, 4) is 0 Å². The van der Waals surface area contributed by atoms with Crippen LogP contribution in [0.25, 0.3) is 0 Å². The standard InChI is InChI=1S/C16H22BrN/c1-2-18-16(14-8-12-7-13(12)9-14)10-11-5-3-4-6-15(11)17/h3-6,12-14,16,18H,2,7-10H2,1H3. The first-order chi connectivity index (χ1) is 8.78. The lowest BCUT2D eigenvalue weighted by Crippen LogP contribution is -2.37. The highest BCUT2D eigenvalue weighted by Crippen LogP contribution is 2.55. The number of hydrogen-bond acceptors (Lipinski definition) is 1. The summed E-state index contributed by atoms with van der Waals surface area (Å²) in [6.07, 6.45) is 5.61. The van der Waals surface area contributed by atoms with Crippen molar-refractivity contribution in [1.29, 1.82) is 0 Å². The summed E-state index contributed by atoms with van der Waals surface area (Å²) in [6, 6.07) is 9.33. The monoisotopic (exact) mass is 307 g/mol. The minimum absolute atomic E-state index is 0.668. The van der Waals surface area contributed by atoms with Crippen molar-refractivity contribution in [3.05, 3.63) is 34.3 Å². The van der Waals surface area contributed by atoms with Gasteiger partial charge in [0.05, 0.1) is 0 Å². The van der Waals surface area contributed by atoms with E-state index in [0.29, 0.717) is 6.04 Å². The highest BCUT2D eigenvalue weighted by Gasteiger charge is 2.47. The minimum atomic E-state index is 0.668. The molecule has 1 N–H and O–H groups in total. The lowest BCUT2D eigenvalue weighted by atomic mass is 9.89. The Morgan fingerprint density at radius 3 is 2.61 bits per heavy atom. The number of halogens is 1. The summed E-state index contributed by atoms with van der Waals surface area (Å²) in [4.78, 5) is 0. The average molecular weight is 308 g/mol. The van der Waals surface area contributed by atoms with Crippen molar-refractivity contribution in [2.24, 2.45) is 17.8 Å². The van der Waals surface area contributed by atoms with E-state index in [1.807, 2.05) is 0 Å². The normalized spacial score (nSPS) is 31.1. The van der Waals surface area contributed by atoms with Crippen LogP contribution >= 0.6 is 15.9 Å². The van der Waals surface area contributed by atoms with Crippen LogP contribution in [0.4, 0.5) is 0 Å². The summed E-state index contributed by atoms with van der Waals surface area (Å²) in [7, 11) is 0. The van der Waals surface area contributed by atoms with E-state index in [9.17, 15) is 0 Å². The number of likely N-dealkylation sites (N-methyl/N-ethyl adjacent to an activating group) is 1. The molecule has 3 atom stereocenters. The topological polar surface area (TPSA) is 12.0 Å². The first-order valence-corrected chi connectivity index (χ1v) is 8.04. The van der Waals surface area contributed by atoms with E-state index < -0.39 is 0 Å². The zero-order valence-corrected chi connectivity index (χ0v) is 12.6. The Hall–Kier alpha value is -0.340. The minimum Gasteiger partial charge on any atom is -0.314 e. The zero-order valence-electron chi connectivity index (χ0n) is 11.0. The first kappa shape index (κ1) is 12.7. The lowest BCUT2D eigenvalue weighted by molar-refractivity contribution is 0.336. The number of rotatable bonds is 5. The fourth-order valence-corrected chi connectivity index (χ4v) is 4.11. The van der Waals surface area contributed by atoms with Gasteiger partial charge in [-0.05, 0) is 61.6 Å². The molecular weight excluding hydrogens is 286 g/mol. The van der Waals surface area contributed by atoms with Crippen LogP contribution in [-0.4, -0.2) is 12.6 Å². The summed E-state index contributed by atoms with van der Waals surface area (Å²) >= 11 is 3.68. The lowest BCUT2D eigenvalue weighted by Gasteiger charge is -2.26. The molecule has 1 aromatic carbocycles. The summed E-state index contributed by atoms with van der Waals surface area (Å²) in [6.45, 7) is 3.31. The Morgan fingerprint density at radius 2 is 1.94 bits per heavy atom. The molecule has 0 saturated heterocycles. The molecule has 2 aliphatic rings. The number of nitrogens with one attached hydrogen (secondary N) is 1. The second-order valence-corrected chi connectivity index (χ2v) is 6.80. The maximum atomic E-state index is 3.72. The summed E-state index contributed by atoms with van der Waals surface area (Å²) in [5.41, 5.74) is 1.45. The third-order valence-corrected chi connectivity index (χ3v) is 5.49. The molecule has 1 nitrogen and oxygen atoms in total. The van der Waals surface area contributed by atoms with E-state index in [-0.39, 0.29) is 0 Å². The van der Waals surface area contributed by atoms with E-state index in [0.717, 1.165) is 24.3 Å². The summed E-state index contributed by atoms with van der Waals surface area (Å²) < 4.78 is 1.26. The van der Waals surface area contributed by atoms with E-state index >= 15 is 0 Å². The smallest absolute Gasteiger partial charge is 0.0207 e. The van der Waals surface area contributed by atoms with Crippen molar-refractivity contribution >= 4 is 15.9 Å². The molecule has 1 aromatic rings. The van der Waals surface area contributed by atoms with Gasteiger partial charge in [0.25, 0.3) is 0 Å². The molecule has 0 heterocycles. The third kappa shape index (κ3) is 2.65. The Kier molecular flexibility index (Phi) is 3.76. The third-order valence-electron chi connectivity index (χ3n) is 4.71. The molecular formula is C16H22BrN. The zero-order chi connectivity index (χ0) is 12.5. The van der Waals surface area contributed by atoms with Gasteiger partial charge in [-0.15, -0.1) is 0 Å². The molecule has 2 fully saturated rings. The Bertz CT molecular complexity index is 407. The highest BCUT2D eigenvalue weighted by atomic mass is 79.9. The fourth-order valence-electron chi connectivity index (χ4n) is 3.66. The van der Waals surface area contributed by atoms with E-state index in [1.165, 1.54) is 35.7 Å². The van der Waals surface area contributed by atoms with Crippen molar-refractivity contribution in [2.75, 3.05) is 6.54 Å². The molecule has 3 rings (SSSR count). The molecule has 0 aromatic heterocycles. The van der Waals surface area contributed by atoms with Gasteiger partial charge in [0.2, 0.25) is 0 Å². The molecule has 98 valence electrons. The molecule has 3 unspecified atom stereocenters. The van der Waals surface area contributed by atoms with Crippen LogP contribution in [0.1, 0.15) is 31.7 Å². The maximum absolute atomic E-state index is 3.72. The second kappa shape index (κ2) is 5.34. The fraction of sp³-hybridized carbons (Fsp3) is 0.625. The molecule has 0 aliphatic heterocycles. The quantitative estimate of drug-likeness (QED) is 0.866. The largest absolute Gasteiger partial charge is 0.314 e. The van der Waals surface area contributed by atoms with Crippen LogP contribution in [0.5, 0.6) is 0 Å². The molecule has 2 aliphatic carbocycles. The van der Waals surface area contributed by atoms with Gasteiger partial charge in [-0.1, -0.05) is 41.1 Å². The number of benzene rings is 1.